The number of hydrogen-bond donors (Lipinski definition) is 1. The van der Waals surface area contributed by atoms with Gasteiger partial charge in [-0.2, -0.15) is 0 Å². The van der Waals surface area contributed by atoms with E-state index in [0.29, 0.717) is 11.7 Å². The maximum Gasteiger partial charge on any atom is 0.119 e. The molecule has 1 rings (SSSR count). The van der Waals surface area contributed by atoms with E-state index in [0.717, 1.165) is 29.3 Å². The summed E-state index contributed by atoms with van der Waals surface area (Å²) in [6.45, 7) is 6.46. The van der Waals surface area contributed by atoms with Gasteiger partial charge in [0, 0.05) is 4.47 Å². The molecule has 0 saturated heterocycles. The first kappa shape index (κ1) is 12.6. The topological polar surface area (TPSA) is 20.2 Å². The standard InChI is InChI=1S/C13H19BrO/c1-4-6-10-7-12(14)11(8-13(10)15)9(3)5-2/h7-9,15H,4-6H2,1-3H3. The summed E-state index contributed by atoms with van der Waals surface area (Å²) in [4.78, 5) is 0. The minimum Gasteiger partial charge on any atom is -0.508 e. The Balaban J connectivity index is 3.07. The molecule has 0 bridgehead atoms. The Labute approximate surface area is 101 Å². The summed E-state index contributed by atoms with van der Waals surface area (Å²) in [5, 5.41) is 9.87. The van der Waals surface area contributed by atoms with Crippen molar-refractivity contribution in [2.75, 3.05) is 0 Å². The fraction of sp³-hybridized carbons (Fsp3) is 0.538. The van der Waals surface area contributed by atoms with Gasteiger partial charge in [-0.3, -0.25) is 0 Å². The van der Waals surface area contributed by atoms with E-state index in [1.807, 2.05) is 6.07 Å². The van der Waals surface area contributed by atoms with Crippen molar-refractivity contribution < 1.29 is 5.11 Å². The second kappa shape index (κ2) is 5.55. The zero-order valence-corrected chi connectivity index (χ0v) is 11.3. The lowest BCUT2D eigenvalue weighted by atomic mass is 9.96. The fourth-order valence-electron chi connectivity index (χ4n) is 1.69. The largest absolute Gasteiger partial charge is 0.508 e. The molecule has 1 unspecified atom stereocenters. The molecule has 0 saturated carbocycles. The second-order valence-electron chi connectivity index (χ2n) is 4.06. The molecule has 0 aliphatic heterocycles. The zero-order chi connectivity index (χ0) is 11.4. The molecular weight excluding hydrogens is 252 g/mol. The van der Waals surface area contributed by atoms with Gasteiger partial charge in [0.2, 0.25) is 0 Å². The van der Waals surface area contributed by atoms with Crippen molar-refractivity contribution in [1.29, 1.82) is 0 Å². The van der Waals surface area contributed by atoms with Crippen LogP contribution in [0.4, 0.5) is 0 Å². The van der Waals surface area contributed by atoms with Crippen molar-refractivity contribution in [3.05, 3.63) is 27.7 Å². The summed E-state index contributed by atoms with van der Waals surface area (Å²) in [5.74, 6) is 0.927. The van der Waals surface area contributed by atoms with E-state index in [2.05, 4.69) is 42.8 Å². The van der Waals surface area contributed by atoms with Gasteiger partial charge in [-0.05, 0) is 42.0 Å². The lowest BCUT2D eigenvalue weighted by Crippen LogP contribution is -1.95. The summed E-state index contributed by atoms with van der Waals surface area (Å²) in [7, 11) is 0. The highest BCUT2D eigenvalue weighted by Gasteiger charge is 2.11. The predicted octanol–water partition coefficient (Wildman–Crippen LogP) is 4.62. The number of phenolic OH excluding ortho intramolecular Hbond substituents is 1. The minimum absolute atomic E-state index is 0.440. The number of hydrogen-bond acceptors (Lipinski definition) is 1. The Bertz CT molecular complexity index is 334. The molecule has 1 aromatic carbocycles. The molecule has 1 atom stereocenters. The van der Waals surface area contributed by atoms with Crippen LogP contribution >= 0.6 is 15.9 Å². The van der Waals surface area contributed by atoms with Gasteiger partial charge < -0.3 is 5.11 Å². The van der Waals surface area contributed by atoms with Crippen molar-refractivity contribution in [2.45, 2.75) is 46.0 Å². The van der Waals surface area contributed by atoms with Crippen LogP contribution in [0.25, 0.3) is 0 Å². The van der Waals surface area contributed by atoms with Crippen LogP contribution in [0.3, 0.4) is 0 Å². The molecular formula is C13H19BrO. The van der Waals surface area contributed by atoms with E-state index >= 15 is 0 Å². The SMILES string of the molecule is CCCc1cc(Br)c(C(C)CC)cc1O. The van der Waals surface area contributed by atoms with E-state index in [4.69, 9.17) is 0 Å². The molecule has 0 aliphatic carbocycles. The van der Waals surface area contributed by atoms with E-state index in [9.17, 15) is 5.11 Å². The molecule has 0 heterocycles. The highest BCUT2D eigenvalue weighted by Crippen LogP contribution is 2.33. The molecule has 84 valence electrons. The Morgan fingerprint density at radius 3 is 2.53 bits per heavy atom. The van der Waals surface area contributed by atoms with Crippen LogP contribution in [0, 0.1) is 0 Å². The second-order valence-corrected chi connectivity index (χ2v) is 4.92. The van der Waals surface area contributed by atoms with Crippen LogP contribution in [0.5, 0.6) is 5.75 Å². The monoisotopic (exact) mass is 270 g/mol. The molecule has 0 spiro atoms. The Morgan fingerprint density at radius 2 is 2.00 bits per heavy atom. The quantitative estimate of drug-likeness (QED) is 0.847. The average Bonchev–Trinajstić information content (AvgIpc) is 2.22. The van der Waals surface area contributed by atoms with Crippen molar-refractivity contribution in [1.82, 2.24) is 0 Å². The highest BCUT2D eigenvalue weighted by molar-refractivity contribution is 9.10. The normalized spacial score (nSPS) is 12.8. The van der Waals surface area contributed by atoms with Crippen LogP contribution in [0.15, 0.2) is 16.6 Å². The fourth-order valence-corrected chi connectivity index (χ4v) is 2.47. The molecule has 0 fully saturated rings. The van der Waals surface area contributed by atoms with Crippen LogP contribution in [-0.4, -0.2) is 5.11 Å². The Morgan fingerprint density at radius 1 is 1.33 bits per heavy atom. The number of phenols is 1. The molecule has 1 N–H and O–H groups in total. The average molecular weight is 271 g/mol. The van der Waals surface area contributed by atoms with Crippen molar-refractivity contribution >= 4 is 15.9 Å². The molecule has 1 aromatic rings. The van der Waals surface area contributed by atoms with Crippen LogP contribution < -0.4 is 0 Å². The van der Waals surface area contributed by atoms with Crippen LogP contribution in [-0.2, 0) is 6.42 Å². The first-order valence-corrected chi connectivity index (χ1v) is 6.40. The van der Waals surface area contributed by atoms with Gasteiger partial charge in [-0.15, -0.1) is 0 Å². The first-order valence-electron chi connectivity index (χ1n) is 5.61. The van der Waals surface area contributed by atoms with Gasteiger partial charge in [0.1, 0.15) is 5.75 Å². The van der Waals surface area contributed by atoms with Gasteiger partial charge >= 0.3 is 0 Å². The number of benzene rings is 1. The molecule has 15 heavy (non-hydrogen) atoms. The lowest BCUT2D eigenvalue weighted by Gasteiger charge is -2.14. The van der Waals surface area contributed by atoms with Crippen molar-refractivity contribution in [2.24, 2.45) is 0 Å². The third kappa shape index (κ3) is 2.97. The summed E-state index contributed by atoms with van der Waals surface area (Å²) in [6.07, 6.45) is 3.08. The predicted molar refractivity (Wildman–Crippen MR) is 68.5 cm³/mol. The van der Waals surface area contributed by atoms with Crippen molar-refractivity contribution in [3.8, 4) is 5.75 Å². The molecule has 0 radical (unpaired) electrons. The third-order valence-electron chi connectivity index (χ3n) is 2.86. The zero-order valence-electron chi connectivity index (χ0n) is 9.68. The van der Waals surface area contributed by atoms with E-state index in [1.165, 1.54) is 5.56 Å². The van der Waals surface area contributed by atoms with Gasteiger partial charge in [-0.25, -0.2) is 0 Å². The molecule has 0 amide bonds. The summed E-state index contributed by atoms with van der Waals surface area (Å²) in [5.41, 5.74) is 2.24. The highest BCUT2D eigenvalue weighted by atomic mass is 79.9. The first-order chi connectivity index (χ1) is 7.10. The molecule has 0 aliphatic rings. The smallest absolute Gasteiger partial charge is 0.119 e. The number of halogens is 1. The van der Waals surface area contributed by atoms with E-state index < -0.39 is 0 Å². The van der Waals surface area contributed by atoms with Gasteiger partial charge in [0.05, 0.1) is 0 Å². The lowest BCUT2D eigenvalue weighted by molar-refractivity contribution is 0.465. The maximum atomic E-state index is 9.87. The summed E-state index contributed by atoms with van der Waals surface area (Å²) < 4.78 is 1.12. The third-order valence-corrected chi connectivity index (χ3v) is 3.55. The molecule has 2 heteroatoms. The van der Waals surface area contributed by atoms with E-state index in [1.54, 1.807) is 0 Å². The summed E-state index contributed by atoms with van der Waals surface area (Å²) in [6, 6.07) is 3.96. The molecule has 0 aromatic heterocycles. The minimum atomic E-state index is 0.440. The van der Waals surface area contributed by atoms with Gasteiger partial charge in [0.15, 0.2) is 0 Å². The van der Waals surface area contributed by atoms with Crippen molar-refractivity contribution in [3.63, 3.8) is 0 Å². The van der Waals surface area contributed by atoms with Gasteiger partial charge in [0.25, 0.3) is 0 Å². The van der Waals surface area contributed by atoms with Crippen LogP contribution in [0.2, 0.25) is 0 Å². The maximum absolute atomic E-state index is 9.87. The number of aryl methyl sites for hydroxylation is 1. The van der Waals surface area contributed by atoms with Gasteiger partial charge in [-0.1, -0.05) is 43.1 Å². The number of aromatic hydroxyl groups is 1. The Hall–Kier alpha value is -0.500. The number of rotatable bonds is 4. The molecule has 1 nitrogen and oxygen atoms in total. The summed E-state index contributed by atoms with van der Waals surface area (Å²) >= 11 is 3.58. The van der Waals surface area contributed by atoms with E-state index in [-0.39, 0.29) is 0 Å². The Kier molecular flexibility index (Phi) is 4.65. The van der Waals surface area contributed by atoms with Crippen LogP contribution in [0.1, 0.15) is 50.7 Å².